The van der Waals surface area contributed by atoms with Crippen LogP contribution in [0.25, 0.3) is 5.69 Å². The third-order valence-corrected chi connectivity index (χ3v) is 3.78. The molecule has 2 aromatic rings. The van der Waals surface area contributed by atoms with E-state index in [9.17, 15) is 4.79 Å². The summed E-state index contributed by atoms with van der Waals surface area (Å²) in [7, 11) is 0. The zero-order valence-corrected chi connectivity index (χ0v) is 12.4. The molecule has 2 heterocycles. The number of benzene rings is 1. The van der Waals surface area contributed by atoms with Crippen LogP contribution in [0.2, 0.25) is 5.02 Å². The lowest BCUT2D eigenvalue weighted by Crippen LogP contribution is -2.28. The van der Waals surface area contributed by atoms with Gasteiger partial charge in [-0.05, 0) is 30.3 Å². The largest absolute Gasteiger partial charge is 0.355 e. The van der Waals surface area contributed by atoms with Gasteiger partial charge in [-0.25, -0.2) is 4.68 Å². The van der Waals surface area contributed by atoms with Gasteiger partial charge < -0.3 is 5.32 Å². The van der Waals surface area contributed by atoms with Crippen molar-refractivity contribution in [2.45, 2.75) is 13.0 Å². The lowest BCUT2D eigenvalue weighted by atomic mass is 10.3. The van der Waals surface area contributed by atoms with E-state index < -0.39 is 0 Å². The van der Waals surface area contributed by atoms with Crippen molar-refractivity contribution in [1.82, 2.24) is 20.0 Å². The van der Waals surface area contributed by atoms with Crippen LogP contribution in [-0.2, 0) is 11.3 Å². The first kappa shape index (κ1) is 14.1. The minimum atomic E-state index is 0.129. The molecule has 1 N–H and O–H groups in total. The zero-order chi connectivity index (χ0) is 14.7. The molecule has 6 heteroatoms. The van der Waals surface area contributed by atoms with Gasteiger partial charge in [0.25, 0.3) is 0 Å². The Hall–Kier alpha value is -1.85. The minimum Gasteiger partial charge on any atom is -0.355 e. The third kappa shape index (κ3) is 3.62. The highest BCUT2D eigenvalue weighted by Gasteiger charge is 2.14. The lowest BCUT2D eigenvalue weighted by Gasteiger charge is -2.17. The van der Waals surface area contributed by atoms with Crippen molar-refractivity contribution in [2.24, 2.45) is 0 Å². The first-order valence-electron chi connectivity index (χ1n) is 7.00. The van der Waals surface area contributed by atoms with Crippen molar-refractivity contribution in [3.8, 4) is 5.69 Å². The van der Waals surface area contributed by atoms with E-state index in [4.69, 9.17) is 11.6 Å². The number of amides is 1. The summed E-state index contributed by atoms with van der Waals surface area (Å²) in [6, 6.07) is 9.59. The molecule has 0 bridgehead atoms. The van der Waals surface area contributed by atoms with Crippen molar-refractivity contribution < 1.29 is 4.79 Å². The number of nitrogens with zero attached hydrogens (tertiary/aromatic N) is 3. The number of carbonyl (C=O) groups is 1. The molecule has 0 radical (unpaired) electrons. The topological polar surface area (TPSA) is 50.2 Å². The average molecular weight is 305 g/mol. The number of rotatable bonds is 3. The summed E-state index contributed by atoms with van der Waals surface area (Å²) in [6.45, 7) is 3.10. The van der Waals surface area contributed by atoms with Crippen LogP contribution < -0.4 is 5.32 Å². The Morgan fingerprint density at radius 3 is 2.81 bits per heavy atom. The molecule has 0 aliphatic carbocycles. The molecule has 0 atom stereocenters. The summed E-state index contributed by atoms with van der Waals surface area (Å²) in [5, 5.41) is 8.17. The number of hydrogen-bond acceptors (Lipinski definition) is 3. The second-order valence-corrected chi connectivity index (χ2v) is 5.54. The molecular formula is C15H17ClN4O. The zero-order valence-electron chi connectivity index (χ0n) is 11.6. The standard InChI is InChI=1S/C15H17ClN4O/c16-12-1-3-14(4-2-12)20-9-5-13(18-20)11-19-8-6-15(21)17-7-10-19/h1-5,9H,6-8,10-11H2,(H,17,21). The highest BCUT2D eigenvalue weighted by atomic mass is 35.5. The van der Waals surface area contributed by atoms with Crippen LogP contribution in [0.3, 0.4) is 0 Å². The summed E-state index contributed by atoms with van der Waals surface area (Å²) in [6.07, 6.45) is 2.50. The van der Waals surface area contributed by atoms with Gasteiger partial charge in [0.2, 0.25) is 5.91 Å². The van der Waals surface area contributed by atoms with E-state index in [0.29, 0.717) is 18.0 Å². The van der Waals surface area contributed by atoms with Crippen LogP contribution in [0.15, 0.2) is 36.5 Å². The molecule has 1 aromatic heterocycles. The fourth-order valence-electron chi connectivity index (χ4n) is 2.38. The Labute approximate surface area is 128 Å². The summed E-state index contributed by atoms with van der Waals surface area (Å²) < 4.78 is 1.84. The van der Waals surface area contributed by atoms with Crippen molar-refractivity contribution in [2.75, 3.05) is 19.6 Å². The molecule has 1 fully saturated rings. The monoisotopic (exact) mass is 304 g/mol. The van der Waals surface area contributed by atoms with E-state index in [-0.39, 0.29) is 5.91 Å². The SMILES string of the molecule is O=C1CCN(Cc2ccn(-c3ccc(Cl)cc3)n2)CCN1. The summed E-state index contributed by atoms with van der Waals surface area (Å²) >= 11 is 5.89. The van der Waals surface area contributed by atoms with Gasteiger partial charge in [0.05, 0.1) is 11.4 Å². The van der Waals surface area contributed by atoms with E-state index >= 15 is 0 Å². The number of hydrogen-bond donors (Lipinski definition) is 1. The predicted molar refractivity (Wildman–Crippen MR) is 81.5 cm³/mol. The molecule has 5 nitrogen and oxygen atoms in total. The number of carbonyl (C=O) groups excluding carboxylic acids is 1. The highest BCUT2D eigenvalue weighted by Crippen LogP contribution is 2.13. The number of nitrogens with one attached hydrogen (secondary N) is 1. The molecule has 1 aliphatic heterocycles. The molecule has 110 valence electrons. The minimum absolute atomic E-state index is 0.129. The van der Waals surface area contributed by atoms with Gasteiger partial charge in [0, 0.05) is 43.8 Å². The Kier molecular flexibility index (Phi) is 4.22. The Morgan fingerprint density at radius 1 is 1.19 bits per heavy atom. The molecule has 0 unspecified atom stereocenters. The van der Waals surface area contributed by atoms with Gasteiger partial charge in [0.1, 0.15) is 0 Å². The second kappa shape index (κ2) is 6.28. The highest BCUT2D eigenvalue weighted by molar-refractivity contribution is 6.30. The van der Waals surface area contributed by atoms with Crippen LogP contribution in [0, 0.1) is 0 Å². The molecule has 1 amide bonds. The molecule has 0 saturated carbocycles. The van der Waals surface area contributed by atoms with Gasteiger partial charge in [-0.1, -0.05) is 11.6 Å². The van der Waals surface area contributed by atoms with Gasteiger partial charge in [0.15, 0.2) is 0 Å². The molecule has 1 saturated heterocycles. The quantitative estimate of drug-likeness (QED) is 0.941. The molecular weight excluding hydrogens is 288 g/mol. The Morgan fingerprint density at radius 2 is 2.00 bits per heavy atom. The molecule has 1 aromatic carbocycles. The molecule has 21 heavy (non-hydrogen) atoms. The number of aromatic nitrogens is 2. The van der Waals surface area contributed by atoms with Crippen LogP contribution in [0.1, 0.15) is 12.1 Å². The maximum Gasteiger partial charge on any atom is 0.221 e. The molecule has 0 spiro atoms. The summed E-state index contributed by atoms with van der Waals surface area (Å²) in [5.74, 6) is 0.129. The van der Waals surface area contributed by atoms with E-state index in [1.165, 1.54) is 0 Å². The fourth-order valence-corrected chi connectivity index (χ4v) is 2.51. The second-order valence-electron chi connectivity index (χ2n) is 5.10. The predicted octanol–water partition coefficient (Wildman–Crippen LogP) is 1.85. The molecule has 1 aliphatic rings. The van der Waals surface area contributed by atoms with Crippen LogP contribution in [-0.4, -0.2) is 40.2 Å². The van der Waals surface area contributed by atoms with Crippen LogP contribution in [0.4, 0.5) is 0 Å². The summed E-state index contributed by atoms with van der Waals surface area (Å²) in [5.41, 5.74) is 1.98. The van der Waals surface area contributed by atoms with E-state index in [0.717, 1.165) is 31.0 Å². The lowest BCUT2D eigenvalue weighted by molar-refractivity contribution is -0.120. The van der Waals surface area contributed by atoms with Crippen LogP contribution >= 0.6 is 11.6 Å². The van der Waals surface area contributed by atoms with E-state index in [1.807, 2.05) is 41.2 Å². The number of halogens is 1. The average Bonchev–Trinajstić information content (AvgIpc) is 2.84. The molecule has 3 rings (SSSR count). The first-order chi connectivity index (χ1) is 10.2. The smallest absolute Gasteiger partial charge is 0.221 e. The maximum absolute atomic E-state index is 11.3. The van der Waals surface area contributed by atoms with Crippen LogP contribution in [0.5, 0.6) is 0 Å². The first-order valence-corrected chi connectivity index (χ1v) is 7.38. The van der Waals surface area contributed by atoms with E-state index in [2.05, 4.69) is 15.3 Å². The van der Waals surface area contributed by atoms with Crippen molar-refractivity contribution >= 4 is 17.5 Å². The van der Waals surface area contributed by atoms with Crippen molar-refractivity contribution in [3.05, 3.63) is 47.2 Å². The summed E-state index contributed by atoms with van der Waals surface area (Å²) in [4.78, 5) is 13.6. The van der Waals surface area contributed by atoms with Gasteiger partial charge >= 0.3 is 0 Å². The van der Waals surface area contributed by atoms with Gasteiger partial charge in [-0.2, -0.15) is 5.10 Å². The van der Waals surface area contributed by atoms with Crippen molar-refractivity contribution in [1.29, 1.82) is 0 Å². The fraction of sp³-hybridized carbons (Fsp3) is 0.333. The Bertz CT molecular complexity index is 623. The normalized spacial score (nSPS) is 16.5. The van der Waals surface area contributed by atoms with Gasteiger partial charge in [-0.3, -0.25) is 9.69 Å². The van der Waals surface area contributed by atoms with Crippen molar-refractivity contribution in [3.63, 3.8) is 0 Å². The van der Waals surface area contributed by atoms with E-state index in [1.54, 1.807) is 0 Å². The third-order valence-electron chi connectivity index (χ3n) is 3.53. The Balaban J connectivity index is 1.67. The maximum atomic E-state index is 11.3. The van der Waals surface area contributed by atoms with Gasteiger partial charge in [-0.15, -0.1) is 0 Å².